The maximum absolute atomic E-state index is 13.6. The number of benzene rings is 1. The first kappa shape index (κ1) is 17.6. The molecule has 0 fully saturated rings. The molecule has 0 aliphatic rings. The molecule has 0 heterocycles. The number of sulfonamides is 1. The maximum atomic E-state index is 13.6. The first-order valence-electron chi connectivity index (χ1n) is 6.35. The molecule has 0 unspecified atom stereocenters. The van der Waals surface area contributed by atoms with Gasteiger partial charge in [0.1, 0.15) is 10.7 Å². The molecule has 0 spiro atoms. The fourth-order valence-corrected chi connectivity index (χ4v) is 2.94. The van der Waals surface area contributed by atoms with E-state index < -0.39 is 15.8 Å². The van der Waals surface area contributed by atoms with E-state index in [0.717, 1.165) is 6.07 Å². The Morgan fingerprint density at radius 2 is 2.10 bits per heavy atom. The van der Waals surface area contributed by atoms with E-state index in [1.807, 2.05) is 13.8 Å². The van der Waals surface area contributed by atoms with Crippen LogP contribution in [-0.4, -0.2) is 28.2 Å². The second kappa shape index (κ2) is 8.07. The lowest BCUT2D eigenvalue weighted by Crippen LogP contribution is -2.26. The van der Waals surface area contributed by atoms with E-state index in [0.29, 0.717) is 30.0 Å². The van der Waals surface area contributed by atoms with Gasteiger partial charge in [0.05, 0.1) is 0 Å². The molecule has 0 bridgehead atoms. The molecule has 0 aliphatic carbocycles. The average molecular weight is 368 g/mol. The average Bonchev–Trinajstić information content (AvgIpc) is 2.32. The minimum Gasteiger partial charge on any atom is -0.381 e. The Labute approximate surface area is 127 Å². The zero-order valence-corrected chi connectivity index (χ0v) is 13.9. The summed E-state index contributed by atoms with van der Waals surface area (Å²) < 4.78 is 45.6. The summed E-state index contributed by atoms with van der Waals surface area (Å²) in [5, 5.41) is 0. The topological polar surface area (TPSA) is 55.4 Å². The van der Waals surface area contributed by atoms with Crippen LogP contribution in [0, 0.1) is 11.7 Å². The Morgan fingerprint density at radius 3 is 2.70 bits per heavy atom. The molecule has 114 valence electrons. The number of rotatable bonds is 8. The summed E-state index contributed by atoms with van der Waals surface area (Å²) in [4.78, 5) is -0.344. The summed E-state index contributed by atoms with van der Waals surface area (Å²) in [6.07, 6.45) is 0.546. The van der Waals surface area contributed by atoms with E-state index in [2.05, 4.69) is 20.7 Å². The maximum Gasteiger partial charge on any atom is 0.243 e. The summed E-state index contributed by atoms with van der Waals surface area (Å²) in [7, 11) is -3.81. The van der Waals surface area contributed by atoms with Crippen molar-refractivity contribution in [3.63, 3.8) is 0 Å². The van der Waals surface area contributed by atoms with Gasteiger partial charge in [0.15, 0.2) is 0 Å². The van der Waals surface area contributed by atoms with Crippen LogP contribution < -0.4 is 4.72 Å². The van der Waals surface area contributed by atoms with Crippen molar-refractivity contribution in [1.29, 1.82) is 0 Å². The van der Waals surface area contributed by atoms with Gasteiger partial charge in [-0.15, -0.1) is 0 Å². The van der Waals surface area contributed by atoms with Crippen LogP contribution in [0.4, 0.5) is 4.39 Å². The van der Waals surface area contributed by atoms with Gasteiger partial charge < -0.3 is 4.74 Å². The molecule has 7 heteroatoms. The lowest BCUT2D eigenvalue weighted by atomic mass is 10.2. The van der Waals surface area contributed by atoms with E-state index in [-0.39, 0.29) is 11.4 Å². The Morgan fingerprint density at radius 1 is 1.40 bits per heavy atom. The summed E-state index contributed by atoms with van der Waals surface area (Å²) in [5.74, 6) is -0.327. The molecule has 0 atom stereocenters. The lowest BCUT2D eigenvalue weighted by Gasteiger charge is -2.09. The molecule has 1 aromatic rings. The highest BCUT2D eigenvalue weighted by Gasteiger charge is 2.18. The van der Waals surface area contributed by atoms with Crippen molar-refractivity contribution in [2.75, 3.05) is 19.8 Å². The van der Waals surface area contributed by atoms with Gasteiger partial charge in [-0.1, -0.05) is 29.8 Å². The van der Waals surface area contributed by atoms with Gasteiger partial charge in [0.2, 0.25) is 10.0 Å². The quantitative estimate of drug-likeness (QED) is 0.718. The molecule has 0 aromatic heterocycles. The highest BCUT2D eigenvalue weighted by atomic mass is 79.9. The van der Waals surface area contributed by atoms with E-state index in [1.54, 1.807) is 0 Å². The predicted octanol–water partition coefficient (Wildman–Crippen LogP) is 2.93. The molecular weight excluding hydrogens is 349 g/mol. The van der Waals surface area contributed by atoms with Gasteiger partial charge in [-0.2, -0.15) is 0 Å². The van der Waals surface area contributed by atoms with Crippen LogP contribution in [-0.2, 0) is 14.8 Å². The van der Waals surface area contributed by atoms with Crippen molar-refractivity contribution >= 4 is 26.0 Å². The van der Waals surface area contributed by atoms with Crippen LogP contribution >= 0.6 is 15.9 Å². The fraction of sp³-hybridized carbons (Fsp3) is 0.538. The zero-order chi connectivity index (χ0) is 15.2. The Bertz CT molecular complexity index is 534. The first-order valence-corrected chi connectivity index (χ1v) is 8.63. The highest BCUT2D eigenvalue weighted by Crippen LogP contribution is 2.19. The Kier molecular flexibility index (Phi) is 7.08. The summed E-state index contributed by atoms with van der Waals surface area (Å²) in [5.41, 5.74) is 0. The second-order valence-electron chi connectivity index (χ2n) is 4.79. The third-order valence-corrected chi connectivity index (χ3v) is 4.38. The smallest absolute Gasteiger partial charge is 0.243 e. The van der Waals surface area contributed by atoms with Crippen LogP contribution in [0.2, 0.25) is 0 Å². The number of hydrogen-bond acceptors (Lipinski definition) is 3. The summed E-state index contributed by atoms with van der Waals surface area (Å²) >= 11 is 3.08. The van der Waals surface area contributed by atoms with E-state index in [1.165, 1.54) is 12.1 Å². The summed E-state index contributed by atoms with van der Waals surface area (Å²) in [6.45, 7) is 5.42. The highest BCUT2D eigenvalue weighted by molar-refractivity contribution is 9.10. The standard InChI is InChI=1S/C13H19BrFNO3S/c1-10(2)9-19-7-3-6-16-20(17,18)13-5-4-11(14)8-12(13)15/h4-5,8,10,16H,3,6-7,9H2,1-2H3. The number of nitrogens with one attached hydrogen (secondary N) is 1. The van der Waals surface area contributed by atoms with Gasteiger partial charge in [-0.05, 0) is 30.5 Å². The second-order valence-corrected chi connectivity index (χ2v) is 7.45. The SMILES string of the molecule is CC(C)COCCCNS(=O)(=O)c1ccc(Br)cc1F. The largest absolute Gasteiger partial charge is 0.381 e. The lowest BCUT2D eigenvalue weighted by molar-refractivity contribution is 0.108. The zero-order valence-electron chi connectivity index (χ0n) is 11.5. The molecular formula is C13H19BrFNO3S. The van der Waals surface area contributed by atoms with Crippen LogP contribution in [0.1, 0.15) is 20.3 Å². The molecule has 1 aromatic carbocycles. The van der Waals surface area contributed by atoms with Crippen molar-refractivity contribution in [2.45, 2.75) is 25.2 Å². The van der Waals surface area contributed by atoms with Gasteiger partial charge in [0.25, 0.3) is 0 Å². The third kappa shape index (κ3) is 5.87. The van der Waals surface area contributed by atoms with Gasteiger partial charge >= 0.3 is 0 Å². The minimum absolute atomic E-state index is 0.218. The van der Waals surface area contributed by atoms with E-state index >= 15 is 0 Å². The van der Waals surface area contributed by atoms with Crippen LogP contribution in [0.15, 0.2) is 27.6 Å². The Balaban J connectivity index is 2.46. The molecule has 1 rings (SSSR count). The van der Waals surface area contributed by atoms with Gasteiger partial charge in [0, 0.05) is 24.2 Å². The minimum atomic E-state index is -3.81. The Hall–Kier alpha value is -0.500. The monoisotopic (exact) mass is 367 g/mol. The normalized spacial score (nSPS) is 12.1. The van der Waals surface area contributed by atoms with Crippen LogP contribution in [0.3, 0.4) is 0 Å². The molecule has 0 aliphatic heterocycles. The predicted molar refractivity (Wildman–Crippen MR) is 79.6 cm³/mol. The molecule has 0 radical (unpaired) electrons. The molecule has 0 saturated carbocycles. The van der Waals surface area contributed by atoms with Crippen molar-refractivity contribution in [3.8, 4) is 0 Å². The molecule has 4 nitrogen and oxygen atoms in total. The number of halogens is 2. The van der Waals surface area contributed by atoms with Crippen LogP contribution in [0.5, 0.6) is 0 Å². The van der Waals surface area contributed by atoms with Gasteiger partial charge in [-0.3, -0.25) is 0 Å². The molecule has 0 saturated heterocycles. The number of ether oxygens (including phenoxy) is 1. The molecule has 20 heavy (non-hydrogen) atoms. The third-order valence-electron chi connectivity index (χ3n) is 2.39. The van der Waals surface area contributed by atoms with Crippen molar-refractivity contribution < 1.29 is 17.5 Å². The van der Waals surface area contributed by atoms with Gasteiger partial charge in [-0.25, -0.2) is 17.5 Å². The fourth-order valence-electron chi connectivity index (χ4n) is 1.47. The molecule has 1 N–H and O–H groups in total. The van der Waals surface area contributed by atoms with Crippen molar-refractivity contribution in [3.05, 3.63) is 28.5 Å². The number of hydrogen-bond donors (Lipinski definition) is 1. The summed E-state index contributed by atoms with van der Waals surface area (Å²) in [6, 6.07) is 3.85. The van der Waals surface area contributed by atoms with E-state index in [4.69, 9.17) is 4.74 Å². The van der Waals surface area contributed by atoms with Crippen molar-refractivity contribution in [1.82, 2.24) is 4.72 Å². The van der Waals surface area contributed by atoms with E-state index in [9.17, 15) is 12.8 Å². The first-order chi connectivity index (χ1) is 9.33. The molecule has 0 amide bonds. The van der Waals surface area contributed by atoms with Crippen molar-refractivity contribution in [2.24, 2.45) is 5.92 Å². The van der Waals surface area contributed by atoms with Crippen LogP contribution in [0.25, 0.3) is 0 Å².